The molecule has 0 fully saturated rings. The van der Waals surface area contributed by atoms with E-state index in [9.17, 15) is 10.5 Å². The van der Waals surface area contributed by atoms with Gasteiger partial charge in [0.2, 0.25) is 0 Å². The maximum absolute atomic E-state index is 10.3. The minimum absolute atomic E-state index is 0.295. The van der Waals surface area contributed by atoms with Crippen molar-refractivity contribution in [2.24, 2.45) is 0 Å². The second-order valence-electron chi connectivity index (χ2n) is 9.91. The Hall–Kier alpha value is -2.83. The number of hydrogen-bond donors (Lipinski definition) is 0. The smallest absolute Gasteiger partial charge is 0.163 e. The number of ether oxygens (including phenoxy) is 2. The molecule has 0 aliphatic carbocycles. The van der Waals surface area contributed by atoms with Gasteiger partial charge in [0.1, 0.15) is 29.0 Å². The van der Waals surface area contributed by atoms with Crippen molar-refractivity contribution in [3.05, 3.63) is 35.4 Å². The first-order chi connectivity index (χ1) is 18.7. The second-order valence-corrected chi connectivity index (χ2v) is 11.0. The number of para-hydroxylation sites is 1. The number of nitriles is 2. The minimum Gasteiger partial charge on any atom is -0.491 e. The molecule has 0 atom stereocenters. The monoisotopic (exact) mass is 533 g/mol. The van der Waals surface area contributed by atoms with Crippen molar-refractivity contribution in [2.45, 2.75) is 108 Å². The number of benzene rings is 2. The van der Waals surface area contributed by atoms with Crippen LogP contribution in [-0.4, -0.2) is 19.8 Å². The van der Waals surface area contributed by atoms with Gasteiger partial charge in [-0.15, -0.1) is 0 Å². The van der Waals surface area contributed by atoms with Gasteiger partial charge < -0.3 is 14.4 Å². The molecular weight excluding hydrogens is 490 g/mol. The standard InChI is InChI=1S/C32H43N3O2S/c1-4-7-10-15-20-35-27-18-13-14-19-28(27)38-32-29(35)30(36-21-16-11-8-5-2)25(23-33)26(24-34)31(32)37-22-17-12-9-6-3/h13-14,18-19H,4-12,15-17,20-22H2,1-3H3. The third-order valence-electron chi connectivity index (χ3n) is 6.93. The fourth-order valence-corrected chi connectivity index (χ4v) is 6.04. The second kappa shape index (κ2) is 16.2. The van der Waals surface area contributed by atoms with E-state index < -0.39 is 0 Å². The number of hydrogen-bond acceptors (Lipinski definition) is 6. The van der Waals surface area contributed by atoms with Crippen LogP contribution in [0, 0.1) is 22.7 Å². The van der Waals surface area contributed by atoms with Crippen molar-refractivity contribution in [1.29, 1.82) is 10.5 Å². The zero-order valence-electron chi connectivity index (χ0n) is 23.5. The van der Waals surface area contributed by atoms with E-state index in [1.165, 1.54) is 12.8 Å². The Morgan fingerprint density at radius 3 is 1.87 bits per heavy atom. The summed E-state index contributed by atoms with van der Waals surface area (Å²) in [5, 5.41) is 20.5. The van der Waals surface area contributed by atoms with Gasteiger partial charge >= 0.3 is 0 Å². The first kappa shape index (κ1) is 29.7. The topological polar surface area (TPSA) is 69.3 Å². The van der Waals surface area contributed by atoms with E-state index in [-0.39, 0.29) is 0 Å². The van der Waals surface area contributed by atoms with Crippen molar-refractivity contribution in [1.82, 2.24) is 0 Å². The molecular formula is C32H43N3O2S. The van der Waals surface area contributed by atoms with Crippen LogP contribution in [0.5, 0.6) is 11.5 Å². The van der Waals surface area contributed by atoms with Crippen LogP contribution >= 0.6 is 11.8 Å². The molecule has 204 valence electrons. The predicted molar refractivity (Wildman–Crippen MR) is 157 cm³/mol. The molecule has 0 bridgehead atoms. The first-order valence-electron chi connectivity index (χ1n) is 14.6. The van der Waals surface area contributed by atoms with E-state index in [2.05, 4.69) is 62.1 Å². The zero-order chi connectivity index (χ0) is 27.2. The van der Waals surface area contributed by atoms with Gasteiger partial charge in [0.25, 0.3) is 0 Å². The van der Waals surface area contributed by atoms with Crippen molar-refractivity contribution >= 4 is 23.1 Å². The molecule has 0 aromatic heterocycles. The summed E-state index contributed by atoms with van der Waals surface area (Å²) in [6, 6.07) is 13.0. The minimum atomic E-state index is 0.295. The number of unbranched alkanes of at least 4 members (excludes halogenated alkanes) is 9. The third-order valence-corrected chi connectivity index (χ3v) is 8.07. The Bertz CT molecular complexity index is 1120. The molecule has 6 heteroatoms. The van der Waals surface area contributed by atoms with Gasteiger partial charge in [-0.25, -0.2) is 0 Å². The lowest BCUT2D eigenvalue weighted by atomic mass is 10.0. The average Bonchev–Trinajstić information content (AvgIpc) is 2.94. The van der Waals surface area contributed by atoms with Crippen LogP contribution in [0.1, 0.15) is 109 Å². The molecule has 3 rings (SSSR count). The number of rotatable bonds is 17. The number of fused-ring (bicyclic) bond motifs is 2. The van der Waals surface area contributed by atoms with E-state index in [1.54, 1.807) is 11.8 Å². The number of anilines is 2. The summed E-state index contributed by atoms with van der Waals surface area (Å²) < 4.78 is 12.8. The highest BCUT2D eigenvalue weighted by Gasteiger charge is 2.34. The van der Waals surface area contributed by atoms with Gasteiger partial charge in [0, 0.05) is 11.4 Å². The summed E-state index contributed by atoms with van der Waals surface area (Å²) in [7, 11) is 0. The molecule has 38 heavy (non-hydrogen) atoms. The molecule has 0 saturated carbocycles. The summed E-state index contributed by atoms with van der Waals surface area (Å²) in [5.41, 5.74) is 2.60. The third kappa shape index (κ3) is 7.39. The highest BCUT2D eigenvalue weighted by atomic mass is 32.2. The summed E-state index contributed by atoms with van der Waals surface area (Å²) >= 11 is 1.63. The summed E-state index contributed by atoms with van der Waals surface area (Å²) in [6.07, 6.45) is 13.2. The molecule has 2 aromatic rings. The summed E-state index contributed by atoms with van der Waals surface area (Å²) in [4.78, 5) is 4.34. The van der Waals surface area contributed by atoms with Gasteiger partial charge in [0.15, 0.2) is 11.5 Å². The lowest BCUT2D eigenvalue weighted by molar-refractivity contribution is 0.290. The van der Waals surface area contributed by atoms with Crippen molar-refractivity contribution < 1.29 is 9.47 Å². The molecule has 0 radical (unpaired) electrons. The van der Waals surface area contributed by atoms with Crippen LogP contribution < -0.4 is 14.4 Å². The number of nitrogens with zero attached hydrogens (tertiary/aromatic N) is 3. The highest BCUT2D eigenvalue weighted by molar-refractivity contribution is 7.99. The van der Waals surface area contributed by atoms with E-state index in [0.29, 0.717) is 35.8 Å². The van der Waals surface area contributed by atoms with E-state index in [1.807, 2.05) is 0 Å². The Balaban J connectivity index is 2.11. The molecule has 1 aliphatic rings. The molecule has 0 spiro atoms. The van der Waals surface area contributed by atoms with Crippen molar-refractivity contribution in [3.63, 3.8) is 0 Å². The molecule has 0 unspecified atom stereocenters. The van der Waals surface area contributed by atoms with Gasteiger partial charge in [0.05, 0.1) is 23.8 Å². The molecule has 0 N–H and O–H groups in total. The summed E-state index contributed by atoms with van der Waals surface area (Å²) in [6.45, 7) is 8.48. The maximum atomic E-state index is 10.3. The highest BCUT2D eigenvalue weighted by Crippen LogP contribution is 2.57. The van der Waals surface area contributed by atoms with Crippen molar-refractivity contribution in [2.75, 3.05) is 24.7 Å². The molecule has 0 amide bonds. The molecule has 1 aliphatic heterocycles. The van der Waals surface area contributed by atoms with Gasteiger partial charge in [-0.05, 0) is 31.4 Å². The van der Waals surface area contributed by atoms with Crippen LogP contribution in [0.25, 0.3) is 0 Å². The molecule has 2 aromatic carbocycles. The Morgan fingerprint density at radius 2 is 1.26 bits per heavy atom. The van der Waals surface area contributed by atoms with E-state index >= 15 is 0 Å². The van der Waals surface area contributed by atoms with Crippen LogP contribution in [0.2, 0.25) is 0 Å². The van der Waals surface area contributed by atoms with Crippen molar-refractivity contribution in [3.8, 4) is 23.6 Å². The zero-order valence-corrected chi connectivity index (χ0v) is 24.3. The fraction of sp³-hybridized carbons (Fsp3) is 0.562. The van der Waals surface area contributed by atoms with Crippen LogP contribution in [-0.2, 0) is 0 Å². The lowest BCUT2D eigenvalue weighted by Gasteiger charge is -2.35. The quantitative estimate of drug-likeness (QED) is 0.189. The van der Waals surface area contributed by atoms with Gasteiger partial charge in [-0.1, -0.05) is 102 Å². The van der Waals surface area contributed by atoms with E-state index in [0.717, 1.165) is 91.9 Å². The SMILES string of the molecule is CCCCCCOc1c(C#N)c(C#N)c(OCCCCCC)c2c1Sc1ccccc1N2CCCCCC. The normalized spacial score (nSPS) is 11.9. The lowest BCUT2D eigenvalue weighted by Crippen LogP contribution is -2.24. The summed E-state index contributed by atoms with van der Waals surface area (Å²) in [5.74, 6) is 1.07. The average molecular weight is 534 g/mol. The van der Waals surface area contributed by atoms with Gasteiger partial charge in [-0.2, -0.15) is 10.5 Å². The van der Waals surface area contributed by atoms with Crippen LogP contribution in [0.15, 0.2) is 34.1 Å². The van der Waals surface area contributed by atoms with E-state index in [4.69, 9.17) is 9.47 Å². The van der Waals surface area contributed by atoms with Gasteiger partial charge in [-0.3, -0.25) is 0 Å². The fourth-order valence-electron chi connectivity index (χ4n) is 4.83. The molecule has 5 nitrogen and oxygen atoms in total. The Morgan fingerprint density at radius 1 is 0.711 bits per heavy atom. The van der Waals surface area contributed by atoms with Crippen LogP contribution in [0.3, 0.4) is 0 Å². The Labute approximate surface area is 234 Å². The molecule has 0 saturated heterocycles. The first-order valence-corrected chi connectivity index (χ1v) is 15.4. The van der Waals surface area contributed by atoms with Crippen LogP contribution in [0.4, 0.5) is 11.4 Å². The Kier molecular flexibility index (Phi) is 12.7. The predicted octanol–water partition coefficient (Wildman–Crippen LogP) is 9.53. The molecule has 1 heterocycles. The largest absolute Gasteiger partial charge is 0.491 e. The maximum Gasteiger partial charge on any atom is 0.163 e.